The number of hydrogen-bond donors (Lipinski definition) is 1. The second-order valence-electron chi connectivity index (χ2n) is 7.43. The average Bonchev–Trinajstić information content (AvgIpc) is 2.94. The molecule has 29 heavy (non-hydrogen) atoms. The number of nitrogens with two attached hydrogens (primary N) is 1. The number of ketones is 2. The van der Waals surface area contributed by atoms with Gasteiger partial charge in [-0.15, -0.1) is 0 Å². The van der Waals surface area contributed by atoms with Gasteiger partial charge in [-0.05, 0) is 29.7 Å². The van der Waals surface area contributed by atoms with Crippen LogP contribution in [0.4, 0.5) is 0 Å². The van der Waals surface area contributed by atoms with Gasteiger partial charge in [0.1, 0.15) is 16.7 Å². The van der Waals surface area contributed by atoms with Crippen molar-refractivity contribution in [2.24, 2.45) is 5.73 Å². The summed E-state index contributed by atoms with van der Waals surface area (Å²) in [6.07, 6.45) is 1.39. The SMILES string of the molecule is CCOC(=O)C1=C(N)OC2=C(C(=O)CCC2)C12C(=O)c1cccc3cccc2c13. The van der Waals surface area contributed by atoms with Gasteiger partial charge in [0, 0.05) is 18.4 Å². The van der Waals surface area contributed by atoms with Gasteiger partial charge in [-0.3, -0.25) is 9.59 Å². The number of benzene rings is 2. The third-order valence-electron chi connectivity index (χ3n) is 5.97. The first-order valence-electron chi connectivity index (χ1n) is 9.70. The van der Waals surface area contributed by atoms with Crippen molar-refractivity contribution in [3.8, 4) is 0 Å². The van der Waals surface area contributed by atoms with Gasteiger partial charge in [0.25, 0.3) is 0 Å². The molecule has 0 amide bonds. The number of esters is 1. The van der Waals surface area contributed by atoms with Crippen molar-refractivity contribution in [3.63, 3.8) is 0 Å². The maximum Gasteiger partial charge on any atom is 0.341 e. The number of carbonyl (C=O) groups excluding carboxylic acids is 3. The van der Waals surface area contributed by atoms with Crippen LogP contribution in [0.25, 0.3) is 10.8 Å². The Balaban J connectivity index is 1.93. The summed E-state index contributed by atoms with van der Waals surface area (Å²) in [5.74, 6) is -1.06. The molecule has 2 aliphatic carbocycles. The van der Waals surface area contributed by atoms with Crippen molar-refractivity contribution in [1.29, 1.82) is 0 Å². The number of ether oxygens (including phenoxy) is 2. The van der Waals surface area contributed by atoms with Gasteiger partial charge in [-0.2, -0.15) is 0 Å². The maximum atomic E-state index is 14.0. The van der Waals surface area contributed by atoms with Crippen LogP contribution in [0.5, 0.6) is 0 Å². The third kappa shape index (κ3) is 2.08. The van der Waals surface area contributed by atoms with Crippen molar-refractivity contribution in [2.75, 3.05) is 6.61 Å². The predicted molar refractivity (Wildman–Crippen MR) is 105 cm³/mol. The molecule has 3 aliphatic rings. The van der Waals surface area contributed by atoms with E-state index in [9.17, 15) is 14.4 Å². The minimum Gasteiger partial charge on any atom is -0.462 e. The first-order chi connectivity index (χ1) is 14.0. The minimum atomic E-state index is -1.62. The van der Waals surface area contributed by atoms with E-state index in [2.05, 4.69) is 0 Å². The summed E-state index contributed by atoms with van der Waals surface area (Å²) < 4.78 is 11.0. The number of allylic oxidation sites excluding steroid dienone is 2. The Labute approximate surface area is 167 Å². The van der Waals surface area contributed by atoms with Gasteiger partial charge >= 0.3 is 5.97 Å². The Hall–Kier alpha value is -3.41. The number of Topliss-reactive ketones (excluding diaryl/α,β-unsaturated/α-hetero) is 2. The fraction of sp³-hybridized carbons (Fsp3) is 0.261. The summed E-state index contributed by atoms with van der Waals surface area (Å²) in [5, 5.41) is 1.60. The Bertz CT molecular complexity index is 1180. The lowest BCUT2D eigenvalue weighted by Crippen LogP contribution is -2.48. The highest BCUT2D eigenvalue weighted by Crippen LogP contribution is 2.56. The number of carbonyl (C=O) groups is 3. The molecule has 6 heteroatoms. The Morgan fingerprint density at radius 2 is 1.93 bits per heavy atom. The van der Waals surface area contributed by atoms with Crippen molar-refractivity contribution in [2.45, 2.75) is 31.6 Å². The summed E-state index contributed by atoms with van der Waals surface area (Å²) in [6.45, 7) is 1.78. The topological polar surface area (TPSA) is 95.7 Å². The zero-order chi connectivity index (χ0) is 20.3. The molecule has 0 fully saturated rings. The zero-order valence-electron chi connectivity index (χ0n) is 15.9. The zero-order valence-corrected chi connectivity index (χ0v) is 15.9. The molecule has 0 aromatic heterocycles. The van der Waals surface area contributed by atoms with E-state index in [4.69, 9.17) is 15.2 Å². The van der Waals surface area contributed by atoms with Gasteiger partial charge in [0.15, 0.2) is 11.6 Å². The van der Waals surface area contributed by atoms with E-state index in [0.29, 0.717) is 36.1 Å². The normalized spacial score (nSPS) is 22.9. The molecular weight excluding hydrogens is 370 g/mol. The van der Waals surface area contributed by atoms with E-state index < -0.39 is 11.4 Å². The molecule has 0 saturated carbocycles. The number of hydrogen-bond acceptors (Lipinski definition) is 6. The Morgan fingerprint density at radius 1 is 1.17 bits per heavy atom. The highest BCUT2D eigenvalue weighted by atomic mass is 16.5. The Kier molecular flexibility index (Phi) is 3.68. The lowest BCUT2D eigenvalue weighted by atomic mass is 9.63. The van der Waals surface area contributed by atoms with Gasteiger partial charge in [-0.1, -0.05) is 36.4 Å². The Morgan fingerprint density at radius 3 is 2.69 bits per heavy atom. The minimum absolute atomic E-state index is 0.0953. The fourth-order valence-electron chi connectivity index (χ4n) is 4.95. The molecular formula is C23H19NO5. The second kappa shape index (κ2) is 6.04. The van der Waals surface area contributed by atoms with E-state index in [1.54, 1.807) is 25.1 Å². The molecule has 2 N–H and O–H groups in total. The molecule has 146 valence electrons. The number of fused-ring (bicyclic) bond motifs is 2. The van der Waals surface area contributed by atoms with Crippen molar-refractivity contribution in [3.05, 3.63) is 70.3 Å². The van der Waals surface area contributed by atoms with E-state index in [1.165, 1.54) is 0 Å². The smallest absolute Gasteiger partial charge is 0.341 e. The van der Waals surface area contributed by atoms with Crippen LogP contribution in [0.15, 0.2) is 59.2 Å². The molecule has 0 bridgehead atoms. The molecule has 5 rings (SSSR count). The first-order valence-corrected chi connectivity index (χ1v) is 9.70. The first kappa shape index (κ1) is 17.7. The highest BCUT2D eigenvalue weighted by Gasteiger charge is 2.61. The summed E-state index contributed by atoms with van der Waals surface area (Å²) >= 11 is 0. The van der Waals surface area contributed by atoms with Crippen LogP contribution >= 0.6 is 0 Å². The third-order valence-corrected chi connectivity index (χ3v) is 5.97. The van der Waals surface area contributed by atoms with Crippen LogP contribution in [-0.2, 0) is 24.5 Å². The van der Waals surface area contributed by atoms with E-state index >= 15 is 0 Å². The lowest BCUT2D eigenvalue weighted by Gasteiger charge is -2.39. The molecule has 0 saturated heterocycles. The molecule has 1 unspecified atom stereocenters. The highest BCUT2D eigenvalue weighted by molar-refractivity contribution is 6.29. The number of rotatable bonds is 2. The quantitative estimate of drug-likeness (QED) is 0.793. The largest absolute Gasteiger partial charge is 0.462 e. The van der Waals surface area contributed by atoms with Crippen LogP contribution in [0.3, 0.4) is 0 Å². The van der Waals surface area contributed by atoms with Crippen molar-refractivity contribution < 1.29 is 23.9 Å². The lowest BCUT2D eigenvalue weighted by molar-refractivity contribution is -0.139. The van der Waals surface area contributed by atoms with Gasteiger partial charge < -0.3 is 15.2 Å². The summed E-state index contributed by atoms with van der Waals surface area (Å²) in [5.41, 5.74) is 5.78. The van der Waals surface area contributed by atoms with Gasteiger partial charge in [0.2, 0.25) is 5.88 Å². The summed E-state index contributed by atoms with van der Waals surface area (Å²) in [6, 6.07) is 11.0. The van der Waals surface area contributed by atoms with Gasteiger partial charge in [-0.25, -0.2) is 4.79 Å². The van der Waals surface area contributed by atoms with Crippen LogP contribution in [0.1, 0.15) is 42.1 Å². The van der Waals surface area contributed by atoms with Gasteiger partial charge in [0.05, 0.1) is 12.2 Å². The van der Waals surface area contributed by atoms with E-state index in [0.717, 1.165) is 10.8 Å². The van der Waals surface area contributed by atoms with Crippen LogP contribution in [0.2, 0.25) is 0 Å². The molecule has 1 aliphatic heterocycles. The van der Waals surface area contributed by atoms with Crippen LogP contribution in [-0.4, -0.2) is 24.1 Å². The van der Waals surface area contributed by atoms with Crippen LogP contribution in [0, 0.1) is 0 Å². The summed E-state index contributed by atoms with van der Waals surface area (Å²) in [4.78, 5) is 40.2. The second-order valence-corrected chi connectivity index (χ2v) is 7.43. The van der Waals surface area contributed by atoms with E-state index in [-0.39, 0.29) is 35.2 Å². The molecule has 2 aromatic carbocycles. The molecule has 1 atom stereocenters. The monoisotopic (exact) mass is 389 g/mol. The molecule has 1 heterocycles. The average molecular weight is 389 g/mol. The molecule has 2 aromatic rings. The van der Waals surface area contributed by atoms with Crippen molar-refractivity contribution >= 4 is 28.3 Å². The van der Waals surface area contributed by atoms with E-state index in [1.807, 2.05) is 18.2 Å². The molecule has 1 spiro atoms. The molecule has 6 nitrogen and oxygen atoms in total. The van der Waals surface area contributed by atoms with Crippen molar-refractivity contribution in [1.82, 2.24) is 0 Å². The fourth-order valence-corrected chi connectivity index (χ4v) is 4.95. The maximum absolute atomic E-state index is 14.0. The summed E-state index contributed by atoms with van der Waals surface area (Å²) in [7, 11) is 0. The standard InChI is InChI=1S/C23H19NO5/c1-2-28-22(27)19-21(24)29-16-11-5-10-15(25)18(16)23(19)14-9-4-7-12-6-3-8-13(17(12)14)20(23)26/h3-4,6-9H,2,5,10-11,24H2,1H3. The predicted octanol–water partition coefficient (Wildman–Crippen LogP) is 3.04. The molecule has 0 radical (unpaired) electrons. The van der Waals surface area contributed by atoms with Crippen LogP contribution < -0.4 is 5.73 Å².